The van der Waals surface area contributed by atoms with Crippen LogP contribution in [-0.4, -0.2) is 14.2 Å². The van der Waals surface area contributed by atoms with Gasteiger partial charge in [0.05, 0.1) is 14.2 Å². The Bertz CT molecular complexity index is 572. The van der Waals surface area contributed by atoms with E-state index in [2.05, 4.69) is 28.1 Å². The van der Waals surface area contributed by atoms with Gasteiger partial charge in [0, 0.05) is 15.9 Å². The Morgan fingerprint density at radius 3 is 2.25 bits per heavy atom. The molecule has 0 aromatic heterocycles. The summed E-state index contributed by atoms with van der Waals surface area (Å²) in [6.45, 7) is 0. The molecule has 106 valence electrons. The van der Waals surface area contributed by atoms with Crippen molar-refractivity contribution in [3.05, 3.63) is 58.6 Å². The summed E-state index contributed by atoms with van der Waals surface area (Å²) in [5, 5.41) is 0.667. The average Bonchev–Trinajstić information content (AvgIpc) is 2.47. The van der Waals surface area contributed by atoms with Crippen LogP contribution in [0.2, 0.25) is 5.02 Å². The van der Waals surface area contributed by atoms with Crippen LogP contribution in [0.15, 0.2) is 42.5 Å². The first kappa shape index (κ1) is 15.2. The van der Waals surface area contributed by atoms with E-state index in [1.807, 2.05) is 24.3 Å². The van der Waals surface area contributed by atoms with Gasteiger partial charge in [0.1, 0.15) is 0 Å². The zero-order chi connectivity index (χ0) is 14.5. The molecule has 4 heteroatoms. The number of benzene rings is 2. The SMILES string of the molecule is COc1cc(Cl)c(C(Br)Cc2ccccc2)cc1OC. The van der Waals surface area contributed by atoms with E-state index in [-0.39, 0.29) is 4.83 Å². The monoisotopic (exact) mass is 354 g/mol. The molecule has 2 aromatic carbocycles. The van der Waals surface area contributed by atoms with Crippen molar-refractivity contribution in [2.75, 3.05) is 14.2 Å². The van der Waals surface area contributed by atoms with Gasteiger partial charge < -0.3 is 9.47 Å². The number of methoxy groups -OCH3 is 2. The maximum atomic E-state index is 6.33. The highest BCUT2D eigenvalue weighted by atomic mass is 79.9. The molecule has 0 N–H and O–H groups in total. The lowest BCUT2D eigenvalue weighted by Gasteiger charge is -2.16. The fraction of sp³-hybridized carbons (Fsp3) is 0.250. The van der Waals surface area contributed by atoms with Gasteiger partial charge in [-0.05, 0) is 23.6 Å². The van der Waals surface area contributed by atoms with E-state index in [4.69, 9.17) is 21.1 Å². The molecule has 0 spiro atoms. The second-order valence-electron chi connectivity index (χ2n) is 4.39. The van der Waals surface area contributed by atoms with E-state index >= 15 is 0 Å². The first-order valence-electron chi connectivity index (χ1n) is 6.25. The van der Waals surface area contributed by atoms with Crippen LogP contribution in [0.4, 0.5) is 0 Å². The van der Waals surface area contributed by atoms with Crippen molar-refractivity contribution in [3.8, 4) is 11.5 Å². The summed E-state index contributed by atoms with van der Waals surface area (Å²) in [6.07, 6.45) is 0.857. The minimum atomic E-state index is 0.122. The molecule has 0 heterocycles. The normalized spacial score (nSPS) is 12.0. The molecule has 0 amide bonds. The summed E-state index contributed by atoms with van der Waals surface area (Å²) >= 11 is 10.0. The van der Waals surface area contributed by atoms with E-state index in [1.165, 1.54) is 5.56 Å². The molecule has 0 aliphatic heterocycles. The van der Waals surface area contributed by atoms with Gasteiger partial charge in [0.15, 0.2) is 11.5 Å². The Hall–Kier alpha value is -1.19. The third-order valence-electron chi connectivity index (χ3n) is 3.10. The Balaban J connectivity index is 2.27. The molecule has 20 heavy (non-hydrogen) atoms. The third-order valence-corrected chi connectivity index (χ3v) is 4.24. The predicted molar refractivity (Wildman–Crippen MR) is 86.4 cm³/mol. The molecule has 0 aliphatic carbocycles. The topological polar surface area (TPSA) is 18.5 Å². The van der Waals surface area contributed by atoms with Crippen LogP contribution in [0.1, 0.15) is 16.0 Å². The van der Waals surface area contributed by atoms with Crippen molar-refractivity contribution in [2.45, 2.75) is 11.2 Å². The van der Waals surface area contributed by atoms with Gasteiger partial charge in [-0.25, -0.2) is 0 Å². The lowest BCUT2D eigenvalue weighted by molar-refractivity contribution is 0.354. The van der Waals surface area contributed by atoms with E-state index in [0.717, 1.165) is 12.0 Å². The summed E-state index contributed by atoms with van der Waals surface area (Å²) in [5.41, 5.74) is 2.24. The Morgan fingerprint density at radius 2 is 1.65 bits per heavy atom. The fourth-order valence-corrected chi connectivity index (χ4v) is 3.21. The number of halogens is 2. The highest BCUT2D eigenvalue weighted by Crippen LogP contribution is 2.39. The Kier molecular flexibility index (Phi) is 5.32. The first-order valence-corrected chi connectivity index (χ1v) is 7.54. The number of ether oxygens (including phenoxy) is 2. The highest BCUT2D eigenvalue weighted by Gasteiger charge is 2.16. The van der Waals surface area contributed by atoms with Gasteiger partial charge >= 0.3 is 0 Å². The summed E-state index contributed by atoms with van der Waals surface area (Å²) in [5.74, 6) is 1.32. The summed E-state index contributed by atoms with van der Waals surface area (Å²) in [7, 11) is 3.22. The van der Waals surface area contributed by atoms with E-state index in [1.54, 1.807) is 20.3 Å². The molecule has 0 saturated heterocycles. The second-order valence-corrected chi connectivity index (χ2v) is 5.90. The molecule has 2 rings (SSSR count). The van der Waals surface area contributed by atoms with Gasteiger partial charge in [0.25, 0.3) is 0 Å². The number of alkyl halides is 1. The number of hydrogen-bond acceptors (Lipinski definition) is 2. The van der Waals surface area contributed by atoms with Crippen molar-refractivity contribution < 1.29 is 9.47 Å². The zero-order valence-electron chi connectivity index (χ0n) is 11.4. The van der Waals surface area contributed by atoms with Crippen LogP contribution in [0, 0.1) is 0 Å². The first-order chi connectivity index (χ1) is 9.65. The maximum absolute atomic E-state index is 6.33. The van der Waals surface area contributed by atoms with Crippen molar-refractivity contribution in [1.29, 1.82) is 0 Å². The van der Waals surface area contributed by atoms with E-state index in [9.17, 15) is 0 Å². The minimum Gasteiger partial charge on any atom is -0.493 e. The van der Waals surface area contributed by atoms with Crippen molar-refractivity contribution in [1.82, 2.24) is 0 Å². The quantitative estimate of drug-likeness (QED) is 0.700. The molecule has 2 aromatic rings. The summed E-state index contributed by atoms with van der Waals surface area (Å²) < 4.78 is 10.6. The molecule has 2 nitrogen and oxygen atoms in total. The molecular formula is C16H16BrClO2. The van der Waals surface area contributed by atoms with Crippen molar-refractivity contribution in [2.24, 2.45) is 0 Å². The zero-order valence-corrected chi connectivity index (χ0v) is 13.7. The van der Waals surface area contributed by atoms with E-state index in [0.29, 0.717) is 16.5 Å². The number of hydrogen-bond donors (Lipinski definition) is 0. The summed E-state index contributed by atoms with van der Waals surface area (Å²) in [6, 6.07) is 14.0. The van der Waals surface area contributed by atoms with Crippen molar-refractivity contribution in [3.63, 3.8) is 0 Å². The Labute approximate surface area is 132 Å². The van der Waals surface area contributed by atoms with Crippen LogP contribution >= 0.6 is 27.5 Å². The molecule has 0 fully saturated rings. The molecule has 0 saturated carbocycles. The van der Waals surface area contributed by atoms with Crippen LogP contribution in [0.25, 0.3) is 0 Å². The third kappa shape index (κ3) is 3.47. The summed E-state index contributed by atoms with van der Waals surface area (Å²) in [4.78, 5) is 0.122. The second kappa shape index (κ2) is 7.00. The van der Waals surface area contributed by atoms with E-state index < -0.39 is 0 Å². The smallest absolute Gasteiger partial charge is 0.162 e. The maximum Gasteiger partial charge on any atom is 0.162 e. The molecule has 1 atom stereocenters. The minimum absolute atomic E-state index is 0.122. The largest absolute Gasteiger partial charge is 0.493 e. The molecule has 1 unspecified atom stereocenters. The molecular weight excluding hydrogens is 340 g/mol. The molecule has 0 bridgehead atoms. The average molecular weight is 356 g/mol. The van der Waals surface area contributed by atoms with Crippen LogP contribution < -0.4 is 9.47 Å². The predicted octanol–water partition coefficient (Wildman–Crippen LogP) is 5.04. The fourth-order valence-electron chi connectivity index (χ4n) is 2.04. The number of rotatable bonds is 5. The Morgan fingerprint density at radius 1 is 1.05 bits per heavy atom. The van der Waals surface area contributed by atoms with Crippen molar-refractivity contribution >= 4 is 27.5 Å². The lowest BCUT2D eigenvalue weighted by atomic mass is 10.0. The van der Waals surface area contributed by atoms with Gasteiger partial charge in [-0.1, -0.05) is 57.9 Å². The van der Waals surface area contributed by atoms with Crippen LogP contribution in [0.3, 0.4) is 0 Å². The van der Waals surface area contributed by atoms with Crippen LogP contribution in [-0.2, 0) is 6.42 Å². The van der Waals surface area contributed by atoms with Gasteiger partial charge in [-0.2, -0.15) is 0 Å². The van der Waals surface area contributed by atoms with Gasteiger partial charge in [0.2, 0.25) is 0 Å². The van der Waals surface area contributed by atoms with Crippen LogP contribution in [0.5, 0.6) is 11.5 Å². The highest BCUT2D eigenvalue weighted by molar-refractivity contribution is 9.09. The molecule has 0 aliphatic rings. The molecule has 0 radical (unpaired) electrons. The van der Waals surface area contributed by atoms with Gasteiger partial charge in [-0.15, -0.1) is 0 Å². The van der Waals surface area contributed by atoms with Gasteiger partial charge in [-0.3, -0.25) is 0 Å². The lowest BCUT2D eigenvalue weighted by Crippen LogP contribution is -1.99. The standard InChI is InChI=1S/C16H16BrClO2/c1-19-15-9-12(14(18)10-16(15)20-2)13(17)8-11-6-4-3-5-7-11/h3-7,9-10,13H,8H2,1-2H3.